The van der Waals surface area contributed by atoms with Crippen molar-refractivity contribution in [1.82, 2.24) is 0 Å². The van der Waals surface area contributed by atoms with Crippen LogP contribution in [-0.2, 0) is 27.9 Å². The molecule has 68 heavy (non-hydrogen) atoms. The van der Waals surface area contributed by atoms with Crippen LogP contribution in [0.4, 0.5) is 0 Å². The third-order valence-corrected chi connectivity index (χ3v) is 13.4. The summed E-state index contributed by atoms with van der Waals surface area (Å²) in [6.45, 7) is 4.15. The number of phosphoric acid groups is 1. The Hall–Kier alpha value is -1.96. The number of hydrogen-bond acceptors (Lipinski definition) is 11. The zero-order chi connectivity index (χ0) is 49.8. The molecule has 1 rings (SSSR count). The van der Waals surface area contributed by atoms with E-state index < -0.39 is 63.1 Å². The molecule has 1 aliphatic rings. The van der Waals surface area contributed by atoms with Gasteiger partial charge >= 0.3 is 13.8 Å². The second-order valence-electron chi connectivity index (χ2n) is 18.7. The average Bonchev–Trinajstić information content (AvgIpc) is 3.32. The van der Waals surface area contributed by atoms with Gasteiger partial charge in [0, 0.05) is 13.0 Å². The van der Waals surface area contributed by atoms with Crippen LogP contribution in [0.15, 0.2) is 60.8 Å². The van der Waals surface area contributed by atoms with E-state index in [2.05, 4.69) is 74.6 Å². The fourth-order valence-electron chi connectivity index (χ4n) is 8.11. The number of ether oxygens (including phenoxy) is 2. The van der Waals surface area contributed by atoms with E-state index in [1.54, 1.807) is 0 Å². The van der Waals surface area contributed by atoms with Crippen molar-refractivity contribution in [3.8, 4) is 0 Å². The lowest BCUT2D eigenvalue weighted by molar-refractivity contribution is -0.220. The molecule has 1 fully saturated rings. The molecule has 6 atom stereocenters. The summed E-state index contributed by atoms with van der Waals surface area (Å²) in [4.78, 5) is 23.3. The Labute approximate surface area is 413 Å². The quantitative estimate of drug-likeness (QED) is 0.0147. The Bertz CT molecular complexity index is 1350. The molecule has 0 amide bonds. The van der Waals surface area contributed by atoms with E-state index in [9.17, 15) is 39.8 Å². The number of carbonyl (C=O) groups is 1. The maximum Gasteiger partial charge on any atom is 0.472 e. The minimum atomic E-state index is -5.03. The highest BCUT2D eigenvalue weighted by molar-refractivity contribution is 7.47. The summed E-state index contributed by atoms with van der Waals surface area (Å²) >= 11 is 0. The van der Waals surface area contributed by atoms with Crippen LogP contribution in [0.3, 0.4) is 0 Å². The van der Waals surface area contributed by atoms with E-state index in [4.69, 9.17) is 18.5 Å². The number of allylic oxidation sites excluding steroid dienone is 10. The standard InChI is InChI=1S/C55H99O12P/c1-3-5-7-9-11-13-15-17-19-21-22-23-24-25-26-27-29-31-33-35-37-39-41-43-45-64-46-48(47-65-68(62,63)67-55-53(60)51(58)50(57)52(59)54(55)61)66-49(56)44-42-40-38-36-34-32-30-28-20-18-16-14-12-10-8-6-4-2/h5,7,11,13,17-20,22-23,48,50-55,57-61H,3-4,6,8-10,12,14-16,21,24-47H2,1-2H3,(H,62,63)/b7-5-,13-11-,19-17-,20-18-,23-22-. The second kappa shape index (κ2) is 44.9. The molecule has 0 spiro atoms. The maximum atomic E-state index is 12.9. The Kier molecular flexibility index (Phi) is 42.3. The molecule has 12 nitrogen and oxygen atoms in total. The Morgan fingerprint density at radius 1 is 0.485 bits per heavy atom. The van der Waals surface area contributed by atoms with Crippen LogP contribution in [0.5, 0.6) is 0 Å². The van der Waals surface area contributed by atoms with Crippen molar-refractivity contribution in [3.05, 3.63) is 60.8 Å². The van der Waals surface area contributed by atoms with Gasteiger partial charge in [-0.2, -0.15) is 0 Å². The first kappa shape index (κ1) is 64.1. The molecule has 6 N–H and O–H groups in total. The van der Waals surface area contributed by atoms with Gasteiger partial charge < -0.3 is 39.9 Å². The van der Waals surface area contributed by atoms with Crippen LogP contribution >= 0.6 is 7.82 Å². The van der Waals surface area contributed by atoms with Gasteiger partial charge in [0.05, 0.1) is 13.2 Å². The summed E-state index contributed by atoms with van der Waals surface area (Å²) in [5.74, 6) is -0.483. The Morgan fingerprint density at radius 3 is 1.34 bits per heavy atom. The van der Waals surface area contributed by atoms with Crippen molar-refractivity contribution < 1.29 is 58.3 Å². The smallest absolute Gasteiger partial charge is 0.457 e. The minimum absolute atomic E-state index is 0.0816. The summed E-state index contributed by atoms with van der Waals surface area (Å²) < 4.78 is 34.3. The molecular weight excluding hydrogens is 884 g/mol. The van der Waals surface area contributed by atoms with Crippen molar-refractivity contribution in [3.63, 3.8) is 0 Å². The minimum Gasteiger partial charge on any atom is -0.457 e. The molecule has 396 valence electrons. The van der Waals surface area contributed by atoms with Crippen LogP contribution in [0.2, 0.25) is 0 Å². The molecule has 0 aromatic carbocycles. The lowest BCUT2D eigenvalue weighted by Gasteiger charge is -2.41. The van der Waals surface area contributed by atoms with E-state index in [0.29, 0.717) is 13.0 Å². The molecular formula is C55H99O12P. The first-order valence-electron chi connectivity index (χ1n) is 27.1. The SMILES string of the molecule is CC/C=C\C/C=C\C/C=C\C/C=C\CCCCCCCCCCCCCOCC(COP(=O)(O)OC1C(O)C(O)C(O)C(O)C1O)OC(=O)CCCCCCCCC/C=C\CCCCCCCC. The number of aliphatic hydroxyl groups is 5. The van der Waals surface area contributed by atoms with Crippen molar-refractivity contribution in [2.24, 2.45) is 0 Å². The maximum absolute atomic E-state index is 12.9. The number of phosphoric ester groups is 1. The van der Waals surface area contributed by atoms with Gasteiger partial charge in [-0.15, -0.1) is 0 Å². The Morgan fingerprint density at radius 2 is 0.868 bits per heavy atom. The van der Waals surface area contributed by atoms with Gasteiger partial charge in [0.2, 0.25) is 0 Å². The van der Waals surface area contributed by atoms with E-state index in [-0.39, 0.29) is 13.0 Å². The van der Waals surface area contributed by atoms with Crippen LogP contribution in [0.25, 0.3) is 0 Å². The van der Waals surface area contributed by atoms with Crippen LogP contribution in [0.1, 0.15) is 219 Å². The van der Waals surface area contributed by atoms with Gasteiger partial charge in [-0.3, -0.25) is 13.8 Å². The highest BCUT2D eigenvalue weighted by atomic mass is 31.2. The fraction of sp³-hybridized carbons (Fsp3) is 0.800. The lowest BCUT2D eigenvalue weighted by Crippen LogP contribution is -2.64. The second-order valence-corrected chi connectivity index (χ2v) is 20.1. The molecule has 0 aromatic rings. The summed E-state index contributed by atoms with van der Waals surface area (Å²) in [5.41, 5.74) is 0. The largest absolute Gasteiger partial charge is 0.472 e. The van der Waals surface area contributed by atoms with Gasteiger partial charge in [0.25, 0.3) is 0 Å². The zero-order valence-corrected chi connectivity index (χ0v) is 43.5. The molecule has 13 heteroatoms. The van der Waals surface area contributed by atoms with Gasteiger partial charge in [-0.05, 0) is 77.0 Å². The van der Waals surface area contributed by atoms with E-state index in [1.165, 1.54) is 109 Å². The fourth-order valence-corrected chi connectivity index (χ4v) is 9.08. The van der Waals surface area contributed by atoms with E-state index in [1.807, 2.05) is 0 Å². The summed E-state index contributed by atoms with van der Waals surface area (Å²) in [6, 6.07) is 0. The monoisotopic (exact) mass is 983 g/mol. The molecule has 0 saturated heterocycles. The molecule has 1 aliphatic carbocycles. The van der Waals surface area contributed by atoms with Crippen molar-refractivity contribution in [1.29, 1.82) is 0 Å². The van der Waals surface area contributed by atoms with Crippen LogP contribution in [-0.4, -0.2) is 98.9 Å². The number of aliphatic hydroxyl groups excluding tert-OH is 5. The highest BCUT2D eigenvalue weighted by Crippen LogP contribution is 2.47. The first-order valence-corrected chi connectivity index (χ1v) is 28.6. The first-order chi connectivity index (χ1) is 33.0. The number of unbranched alkanes of at least 4 members (excludes halogenated alkanes) is 24. The number of hydrogen-bond donors (Lipinski definition) is 6. The number of esters is 1. The average molecular weight is 983 g/mol. The third kappa shape index (κ3) is 36.0. The number of rotatable bonds is 46. The van der Waals surface area contributed by atoms with Gasteiger partial charge in [-0.25, -0.2) is 4.57 Å². The molecule has 1 saturated carbocycles. The summed E-state index contributed by atoms with van der Waals surface area (Å²) in [6.07, 6.45) is 45.7. The molecule has 0 heterocycles. The van der Waals surface area contributed by atoms with Gasteiger partial charge in [0.1, 0.15) is 42.7 Å². The predicted octanol–water partition coefficient (Wildman–Crippen LogP) is 12.5. The molecule has 0 bridgehead atoms. The van der Waals surface area contributed by atoms with E-state index >= 15 is 0 Å². The van der Waals surface area contributed by atoms with Gasteiger partial charge in [-0.1, -0.05) is 197 Å². The number of carbonyl (C=O) groups excluding carboxylic acids is 1. The predicted molar refractivity (Wildman–Crippen MR) is 276 cm³/mol. The normalized spacial score (nSPS) is 21.6. The van der Waals surface area contributed by atoms with Crippen molar-refractivity contribution >= 4 is 13.8 Å². The summed E-state index contributed by atoms with van der Waals surface area (Å²) in [5, 5.41) is 50.4. The molecule has 6 unspecified atom stereocenters. The highest BCUT2D eigenvalue weighted by Gasteiger charge is 2.51. The molecule has 0 aliphatic heterocycles. The van der Waals surface area contributed by atoms with E-state index in [0.717, 1.165) is 83.5 Å². The van der Waals surface area contributed by atoms with Crippen molar-refractivity contribution in [2.45, 2.75) is 262 Å². The molecule has 0 radical (unpaired) electrons. The zero-order valence-electron chi connectivity index (χ0n) is 42.6. The Balaban J connectivity index is 2.30. The third-order valence-electron chi connectivity index (χ3n) is 12.4. The lowest BCUT2D eigenvalue weighted by atomic mass is 9.85. The van der Waals surface area contributed by atoms with Gasteiger partial charge in [0.15, 0.2) is 0 Å². The topological polar surface area (TPSA) is 192 Å². The van der Waals surface area contributed by atoms with Crippen LogP contribution in [0, 0.1) is 0 Å². The molecule has 0 aromatic heterocycles. The van der Waals surface area contributed by atoms with Crippen molar-refractivity contribution in [2.75, 3.05) is 19.8 Å². The van der Waals surface area contributed by atoms with Crippen LogP contribution < -0.4 is 0 Å². The summed E-state index contributed by atoms with van der Waals surface area (Å²) in [7, 11) is -5.03.